The second kappa shape index (κ2) is 7.63. The molecule has 0 amide bonds. The summed E-state index contributed by atoms with van der Waals surface area (Å²) in [6, 6.07) is 0. The van der Waals surface area contributed by atoms with Gasteiger partial charge in [-0.15, -0.1) is 0 Å². The highest BCUT2D eigenvalue weighted by Gasteiger charge is 2.61. The van der Waals surface area contributed by atoms with Crippen molar-refractivity contribution in [2.45, 2.75) is 58.3 Å². The van der Waals surface area contributed by atoms with Gasteiger partial charge in [0.25, 0.3) is 0 Å². The van der Waals surface area contributed by atoms with Crippen LogP contribution in [0.25, 0.3) is 0 Å². The Morgan fingerprint density at radius 3 is 2.63 bits per heavy atom. The number of hydrogen-bond acceptors (Lipinski definition) is 7. The number of hydrogen-bond donors (Lipinski definition) is 2. The molecule has 0 unspecified atom stereocenters. The van der Waals surface area contributed by atoms with Crippen LogP contribution < -0.4 is 0 Å². The van der Waals surface area contributed by atoms with Gasteiger partial charge in [-0.1, -0.05) is 20.3 Å². The summed E-state index contributed by atoms with van der Waals surface area (Å²) < 4.78 is 11.0. The minimum Gasteiger partial charge on any atom is -0.465 e. The number of esters is 1. The number of Topliss-reactive ketones (excluding diaryl/α,β-unsaturated/α-hetero) is 1. The SMILES string of the molecule is CC[C@H](C)[C@@H](O)[C@@](C)(O)/C=C/C1=CC2=CC(=O)[C@]3(C)OC(=O)[C@@H](C(C)=O)[C@@H]3C2=CO1. The molecule has 7 nitrogen and oxygen atoms in total. The lowest BCUT2D eigenvalue weighted by Crippen LogP contribution is -2.46. The third-order valence-electron chi connectivity index (χ3n) is 6.36. The molecule has 6 atom stereocenters. The van der Waals surface area contributed by atoms with Gasteiger partial charge in [0.05, 0.1) is 18.3 Å². The molecule has 1 fully saturated rings. The first-order valence-corrected chi connectivity index (χ1v) is 10.1. The van der Waals surface area contributed by atoms with E-state index < -0.39 is 40.9 Å². The summed E-state index contributed by atoms with van der Waals surface area (Å²) in [5, 5.41) is 20.9. The average molecular weight is 416 g/mol. The summed E-state index contributed by atoms with van der Waals surface area (Å²) in [6.45, 7) is 8.11. The van der Waals surface area contributed by atoms with Crippen molar-refractivity contribution < 1.29 is 34.1 Å². The van der Waals surface area contributed by atoms with Crippen LogP contribution in [0.4, 0.5) is 0 Å². The molecule has 7 heteroatoms. The number of aliphatic hydroxyl groups excluding tert-OH is 1. The van der Waals surface area contributed by atoms with Crippen LogP contribution in [0.15, 0.2) is 47.5 Å². The molecule has 0 aromatic rings. The highest BCUT2D eigenvalue weighted by Crippen LogP contribution is 2.49. The number of carbonyl (C=O) groups is 3. The van der Waals surface area contributed by atoms with Crippen LogP contribution in [0, 0.1) is 17.8 Å². The van der Waals surface area contributed by atoms with Gasteiger partial charge in [0.2, 0.25) is 0 Å². The molecule has 0 radical (unpaired) electrons. The molecule has 30 heavy (non-hydrogen) atoms. The number of carbonyl (C=O) groups excluding carboxylic acids is 3. The molecule has 1 aliphatic carbocycles. The van der Waals surface area contributed by atoms with E-state index in [1.807, 2.05) is 13.8 Å². The van der Waals surface area contributed by atoms with Crippen molar-refractivity contribution >= 4 is 17.5 Å². The number of ether oxygens (including phenoxy) is 2. The molecule has 1 saturated heterocycles. The third kappa shape index (κ3) is 3.56. The van der Waals surface area contributed by atoms with Crippen molar-refractivity contribution in [1.29, 1.82) is 0 Å². The van der Waals surface area contributed by atoms with Gasteiger partial charge < -0.3 is 19.7 Å². The van der Waals surface area contributed by atoms with Crippen molar-refractivity contribution in [2.75, 3.05) is 0 Å². The Kier molecular flexibility index (Phi) is 5.64. The Balaban J connectivity index is 1.90. The summed E-state index contributed by atoms with van der Waals surface area (Å²) >= 11 is 0. The van der Waals surface area contributed by atoms with Gasteiger partial charge in [0.15, 0.2) is 11.4 Å². The summed E-state index contributed by atoms with van der Waals surface area (Å²) in [7, 11) is 0. The van der Waals surface area contributed by atoms with Gasteiger partial charge >= 0.3 is 5.97 Å². The van der Waals surface area contributed by atoms with E-state index >= 15 is 0 Å². The van der Waals surface area contributed by atoms with E-state index in [9.17, 15) is 24.6 Å². The predicted molar refractivity (Wildman–Crippen MR) is 108 cm³/mol. The molecule has 0 saturated carbocycles. The fourth-order valence-electron chi connectivity index (χ4n) is 4.24. The summed E-state index contributed by atoms with van der Waals surface area (Å²) in [6.07, 6.45) is 7.13. The van der Waals surface area contributed by atoms with E-state index in [4.69, 9.17) is 9.47 Å². The zero-order valence-electron chi connectivity index (χ0n) is 17.8. The van der Waals surface area contributed by atoms with E-state index in [1.165, 1.54) is 45.3 Å². The van der Waals surface area contributed by atoms with Crippen molar-refractivity contribution in [3.05, 3.63) is 47.5 Å². The maximum Gasteiger partial charge on any atom is 0.318 e. The Bertz CT molecular complexity index is 905. The van der Waals surface area contributed by atoms with E-state index in [0.29, 0.717) is 23.3 Å². The van der Waals surface area contributed by atoms with Crippen molar-refractivity contribution in [2.24, 2.45) is 17.8 Å². The Morgan fingerprint density at radius 1 is 1.37 bits per heavy atom. The number of fused-ring (bicyclic) bond motifs is 3. The van der Waals surface area contributed by atoms with Gasteiger partial charge in [-0.3, -0.25) is 14.4 Å². The molecular weight excluding hydrogens is 388 g/mol. The first-order valence-electron chi connectivity index (χ1n) is 10.1. The molecule has 3 aliphatic rings. The number of ketones is 2. The second-order valence-electron chi connectivity index (χ2n) is 8.69. The molecule has 162 valence electrons. The first-order chi connectivity index (χ1) is 13.9. The third-order valence-corrected chi connectivity index (χ3v) is 6.36. The standard InChI is InChI=1S/C23H28O7/c1-6-12(2)20(26)22(4,28)8-7-15-9-14-10-17(25)23(5)19(16(14)11-29-15)18(13(3)24)21(27)30-23/h7-12,18-20,26,28H,6H2,1-5H3/b8-7+/t12-,18-,19-,20+,22-,23-/m0/s1. The Labute approximate surface area is 175 Å². The quantitative estimate of drug-likeness (QED) is 0.504. The average Bonchev–Trinajstić information content (AvgIpc) is 2.97. The van der Waals surface area contributed by atoms with Gasteiger partial charge in [0.1, 0.15) is 23.1 Å². The Morgan fingerprint density at radius 2 is 2.03 bits per heavy atom. The zero-order chi connectivity index (χ0) is 22.4. The summed E-state index contributed by atoms with van der Waals surface area (Å²) in [5.41, 5.74) is -1.83. The van der Waals surface area contributed by atoms with Crippen molar-refractivity contribution in [3.63, 3.8) is 0 Å². The summed E-state index contributed by atoms with van der Waals surface area (Å²) in [5.74, 6) is -3.03. The molecule has 2 aliphatic heterocycles. The maximum absolute atomic E-state index is 12.7. The monoisotopic (exact) mass is 416 g/mol. The van der Waals surface area contributed by atoms with Crippen LogP contribution in [0.3, 0.4) is 0 Å². The summed E-state index contributed by atoms with van der Waals surface area (Å²) in [4.78, 5) is 37.1. The maximum atomic E-state index is 12.7. The van der Waals surface area contributed by atoms with Gasteiger partial charge in [0, 0.05) is 5.57 Å². The van der Waals surface area contributed by atoms with Crippen LogP contribution in [-0.4, -0.2) is 45.1 Å². The van der Waals surface area contributed by atoms with Crippen LogP contribution in [0.2, 0.25) is 0 Å². The largest absolute Gasteiger partial charge is 0.465 e. The molecule has 3 rings (SSSR count). The Hall–Kier alpha value is -2.51. The lowest BCUT2D eigenvalue weighted by molar-refractivity contribution is -0.156. The molecule has 2 N–H and O–H groups in total. The van der Waals surface area contributed by atoms with E-state index in [0.717, 1.165) is 0 Å². The minimum atomic E-state index is -1.47. The van der Waals surface area contributed by atoms with Crippen LogP contribution in [-0.2, 0) is 23.9 Å². The fourth-order valence-corrected chi connectivity index (χ4v) is 4.24. The molecule has 0 aromatic carbocycles. The molecule has 0 aromatic heterocycles. The first kappa shape index (κ1) is 22.2. The molecule has 0 spiro atoms. The van der Waals surface area contributed by atoms with Crippen LogP contribution in [0.5, 0.6) is 0 Å². The predicted octanol–water partition coefficient (Wildman–Crippen LogP) is 2.14. The number of allylic oxidation sites excluding steroid dienone is 3. The van der Waals surface area contributed by atoms with Crippen LogP contribution >= 0.6 is 0 Å². The fraction of sp³-hybridized carbons (Fsp3) is 0.522. The molecule has 0 bridgehead atoms. The topological polar surface area (TPSA) is 110 Å². The number of aliphatic hydroxyl groups is 2. The van der Waals surface area contributed by atoms with Crippen molar-refractivity contribution in [1.82, 2.24) is 0 Å². The second-order valence-corrected chi connectivity index (χ2v) is 8.69. The highest BCUT2D eigenvalue weighted by molar-refractivity contribution is 6.09. The normalized spacial score (nSPS) is 32.0. The lowest BCUT2D eigenvalue weighted by Gasteiger charge is -2.35. The van der Waals surface area contributed by atoms with Crippen molar-refractivity contribution in [3.8, 4) is 0 Å². The molecular formula is C23H28O7. The van der Waals surface area contributed by atoms with E-state index in [-0.39, 0.29) is 11.7 Å². The minimum absolute atomic E-state index is 0.0998. The number of rotatable bonds is 6. The highest BCUT2D eigenvalue weighted by atomic mass is 16.6. The lowest BCUT2D eigenvalue weighted by atomic mass is 9.68. The van der Waals surface area contributed by atoms with Gasteiger partial charge in [-0.2, -0.15) is 0 Å². The smallest absolute Gasteiger partial charge is 0.318 e. The van der Waals surface area contributed by atoms with Crippen LogP contribution in [0.1, 0.15) is 41.0 Å². The van der Waals surface area contributed by atoms with E-state index in [2.05, 4.69) is 0 Å². The van der Waals surface area contributed by atoms with E-state index in [1.54, 1.807) is 6.08 Å². The van der Waals surface area contributed by atoms with Gasteiger partial charge in [-0.05, 0) is 56.6 Å². The zero-order valence-corrected chi connectivity index (χ0v) is 17.8. The molecule has 2 heterocycles. The van der Waals surface area contributed by atoms with Gasteiger partial charge in [-0.25, -0.2) is 0 Å².